The van der Waals surface area contributed by atoms with Crippen molar-refractivity contribution in [3.8, 4) is 0 Å². The van der Waals surface area contributed by atoms with Crippen molar-refractivity contribution < 1.29 is 0 Å². The highest BCUT2D eigenvalue weighted by molar-refractivity contribution is 5.09. The summed E-state index contributed by atoms with van der Waals surface area (Å²) >= 11 is 0. The molecule has 1 nitrogen and oxygen atoms in total. The van der Waals surface area contributed by atoms with Crippen LogP contribution in [0, 0.1) is 5.92 Å². The van der Waals surface area contributed by atoms with E-state index in [4.69, 9.17) is 0 Å². The highest BCUT2D eigenvalue weighted by atomic mass is 14.9. The Kier molecular flexibility index (Phi) is 7.76. The van der Waals surface area contributed by atoms with Crippen molar-refractivity contribution in [2.75, 3.05) is 0 Å². The average molecular weight is 211 g/mol. The van der Waals surface area contributed by atoms with Crippen molar-refractivity contribution in [1.29, 1.82) is 0 Å². The molecule has 0 spiro atoms. The van der Waals surface area contributed by atoms with Crippen molar-refractivity contribution in [2.45, 2.75) is 72.9 Å². The summed E-state index contributed by atoms with van der Waals surface area (Å²) in [5, 5.41) is 3.67. The zero-order valence-electron chi connectivity index (χ0n) is 11.4. The van der Waals surface area contributed by atoms with Crippen molar-refractivity contribution in [3.63, 3.8) is 0 Å². The Labute approximate surface area is 96.3 Å². The van der Waals surface area contributed by atoms with Crippen LogP contribution in [0.4, 0.5) is 0 Å². The summed E-state index contributed by atoms with van der Waals surface area (Å²) in [7, 11) is 0. The third-order valence-electron chi connectivity index (χ3n) is 3.17. The van der Waals surface area contributed by atoms with Gasteiger partial charge in [0.25, 0.3) is 0 Å². The zero-order valence-corrected chi connectivity index (χ0v) is 11.4. The minimum atomic E-state index is 0.527. The zero-order chi connectivity index (χ0) is 11.8. The summed E-state index contributed by atoms with van der Waals surface area (Å²) in [5.41, 5.74) is 1.56. The van der Waals surface area contributed by atoms with Crippen LogP contribution in [0.3, 0.4) is 0 Å². The second-order valence-corrected chi connectivity index (χ2v) is 4.84. The van der Waals surface area contributed by atoms with E-state index in [0.717, 1.165) is 0 Å². The molecule has 0 saturated heterocycles. The van der Waals surface area contributed by atoms with Crippen LogP contribution in [-0.4, -0.2) is 12.1 Å². The maximum absolute atomic E-state index is 3.67. The molecule has 0 aliphatic rings. The lowest BCUT2D eigenvalue weighted by molar-refractivity contribution is 0.400. The van der Waals surface area contributed by atoms with Crippen molar-refractivity contribution in [3.05, 3.63) is 11.6 Å². The van der Waals surface area contributed by atoms with Crippen LogP contribution in [0.25, 0.3) is 0 Å². The van der Waals surface area contributed by atoms with E-state index >= 15 is 0 Å². The second-order valence-electron chi connectivity index (χ2n) is 4.84. The Balaban J connectivity index is 4.20. The molecule has 0 fully saturated rings. The van der Waals surface area contributed by atoms with E-state index in [-0.39, 0.29) is 0 Å². The Morgan fingerprint density at radius 2 is 1.73 bits per heavy atom. The van der Waals surface area contributed by atoms with Gasteiger partial charge in [-0.25, -0.2) is 0 Å². The summed E-state index contributed by atoms with van der Waals surface area (Å²) < 4.78 is 0. The van der Waals surface area contributed by atoms with E-state index in [2.05, 4.69) is 52.9 Å². The molecule has 0 radical (unpaired) electrons. The van der Waals surface area contributed by atoms with E-state index in [1.165, 1.54) is 19.3 Å². The number of allylic oxidation sites excluding steroid dienone is 1. The molecule has 0 rings (SSSR count). The van der Waals surface area contributed by atoms with E-state index in [9.17, 15) is 0 Å². The third-order valence-corrected chi connectivity index (χ3v) is 3.17. The summed E-state index contributed by atoms with van der Waals surface area (Å²) in [6.07, 6.45) is 6.03. The molecule has 2 atom stereocenters. The fourth-order valence-corrected chi connectivity index (χ4v) is 1.65. The minimum absolute atomic E-state index is 0.527. The molecule has 1 heteroatoms. The lowest BCUT2D eigenvalue weighted by Crippen LogP contribution is -2.38. The first kappa shape index (κ1) is 14.7. The van der Waals surface area contributed by atoms with Crippen molar-refractivity contribution in [1.82, 2.24) is 5.32 Å². The average Bonchev–Trinajstić information content (AvgIpc) is 2.18. The number of unbranched alkanes of at least 4 members (excludes halogenated alkanes) is 1. The van der Waals surface area contributed by atoms with Gasteiger partial charge in [0.15, 0.2) is 0 Å². The molecule has 1 unspecified atom stereocenters. The topological polar surface area (TPSA) is 12.0 Å². The van der Waals surface area contributed by atoms with E-state index in [1.54, 1.807) is 5.57 Å². The van der Waals surface area contributed by atoms with Crippen LogP contribution in [0.2, 0.25) is 0 Å². The first-order chi connectivity index (χ1) is 7.02. The van der Waals surface area contributed by atoms with Gasteiger partial charge in [0, 0.05) is 12.1 Å². The molecule has 0 aromatic heterocycles. The van der Waals surface area contributed by atoms with E-state index < -0.39 is 0 Å². The highest BCUT2D eigenvalue weighted by Gasteiger charge is 2.12. The molecule has 0 aliphatic heterocycles. The number of hydrogen-bond donors (Lipinski definition) is 1. The maximum Gasteiger partial charge on any atom is 0.0253 e. The molecule has 0 amide bonds. The summed E-state index contributed by atoms with van der Waals surface area (Å²) in [6.45, 7) is 13.6. The van der Waals surface area contributed by atoms with Gasteiger partial charge in [-0.05, 0) is 32.6 Å². The normalized spacial score (nSPS) is 16.9. The van der Waals surface area contributed by atoms with Gasteiger partial charge in [-0.3, -0.25) is 0 Å². The van der Waals surface area contributed by atoms with Crippen LogP contribution in [0.5, 0.6) is 0 Å². The van der Waals surface area contributed by atoms with Gasteiger partial charge in [-0.2, -0.15) is 0 Å². The third kappa shape index (κ3) is 5.99. The maximum atomic E-state index is 3.67. The standard InChI is InChI=1S/C14H29N/c1-7-9-10-14(8-2)13(6)15-12(5)11(3)4/h10-13,15H,7-9H2,1-6H3/b14-10+/t12-,13?/m0/s1. The van der Waals surface area contributed by atoms with Gasteiger partial charge in [0.1, 0.15) is 0 Å². The highest BCUT2D eigenvalue weighted by Crippen LogP contribution is 2.11. The molecule has 0 aromatic rings. The minimum Gasteiger partial charge on any atom is -0.308 e. The summed E-state index contributed by atoms with van der Waals surface area (Å²) in [4.78, 5) is 0. The first-order valence-electron chi connectivity index (χ1n) is 6.47. The van der Waals surface area contributed by atoms with Gasteiger partial charge in [0.2, 0.25) is 0 Å². The fourth-order valence-electron chi connectivity index (χ4n) is 1.65. The number of nitrogens with one attached hydrogen (secondary N) is 1. The van der Waals surface area contributed by atoms with Gasteiger partial charge < -0.3 is 5.32 Å². The SMILES string of the molecule is CCC/C=C(\CC)C(C)N[C@@H](C)C(C)C. The number of rotatable bonds is 7. The van der Waals surface area contributed by atoms with Gasteiger partial charge >= 0.3 is 0 Å². The largest absolute Gasteiger partial charge is 0.308 e. The predicted octanol–water partition coefficient (Wildman–Crippen LogP) is 4.15. The monoisotopic (exact) mass is 211 g/mol. The lowest BCUT2D eigenvalue weighted by Gasteiger charge is -2.24. The molecule has 0 aliphatic carbocycles. The molecule has 0 aromatic carbocycles. The van der Waals surface area contributed by atoms with Gasteiger partial charge in [0.05, 0.1) is 0 Å². The molecule has 0 heterocycles. The second kappa shape index (κ2) is 7.92. The fraction of sp³-hybridized carbons (Fsp3) is 0.857. The molecule has 0 bridgehead atoms. The molecule has 0 saturated carbocycles. The van der Waals surface area contributed by atoms with Crippen LogP contribution in [0.15, 0.2) is 11.6 Å². The number of hydrogen-bond acceptors (Lipinski definition) is 1. The van der Waals surface area contributed by atoms with Crippen molar-refractivity contribution in [2.24, 2.45) is 5.92 Å². The van der Waals surface area contributed by atoms with E-state index in [0.29, 0.717) is 18.0 Å². The Bertz CT molecular complexity index is 182. The van der Waals surface area contributed by atoms with Gasteiger partial charge in [-0.1, -0.05) is 45.8 Å². The Morgan fingerprint density at radius 1 is 1.13 bits per heavy atom. The van der Waals surface area contributed by atoms with Crippen LogP contribution < -0.4 is 5.32 Å². The van der Waals surface area contributed by atoms with Crippen molar-refractivity contribution >= 4 is 0 Å². The van der Waals surface area contributed by atoms with E-state index in [1.807, 2.05) is 0 Å². The summed E-state index contributed by atoms with van der Waals surface area (Å²) in [6, 6.07) is 1.12. The lowest BCUT2D eigenvalue weighted by atomic mass is 10.0. The smallest absolute Gasteiger partial charge is 0.0253 e. The Hall–Kier alpha value is -0.300. The molecular formula is C14H29N. The predicted molar refractivity (Wildman–Crippen MR) is 70.2 cm³/mol. The van der Waals surface area contributed by atoms with Crippen LogP contribution in [-0.2, 0) is 0 Å². The molecule has 90 valence electrons. The molecule has 15 heavy (non-hydrogen) atoms. The summed E-state index contributed by atoms with van der Waals surface area (Å²) in [5.74, 6) is 0.705. The van der Waals surface area contributed by atoms with Gasteiger partial charge in [-0.15, -0.1) is 0 Å². The molecule has 1 N–H and O–H groups in total. The van der Waals surface area contributed by atoms with Crippen LogP contribution in [0.1, 0.15) is 60.8 Å². The quantitative estimate of drug-likeness (QED) is 0.624. The molecular weight excluding hydrogens is 182 g/mol. The Morgan fingerprint density at radius 3 is 2.13 bits per heavy atom. The first-order valence-corrected chi connectivity index (χ1v) is 6.47. The van der Waals surface area contributed by atoms with Crippen LogP contribution >= 0.6 is 0 Å².